The predicted molar refractivity (Wildman–Crippen MR) is 59.1 cm³/mol. The van der Waals surface area contributed by atoms with E-state index < -0.39 is 11.0 Å². The number of hydrogen-bond donors (Lipinski definition) is 1. The van der Waals surface area contributed by atoms with E-state index in [-0.39, 0.29) is 0 Å². The van der Waals surface area contributed by atoms with Crippen molar-refractivity contribution in [2.75, 3.05) is 0 Å². The van der Waals surface area contributed by atoms with Gasteiger partial charge in [-0.2, -0.15) is 5.26 Å². The van der Waals surface area contributed by atoms with Gasteiger partial charge >= 0.3 is 0 Å². The van der Waals surface area contributed by atoms with Crippen molar-refractivity contribution in [1.82, 2.24) is 0 Å². The number of aliphatic hydroxyl groups is 1. The van der Waals surface area contributed by atoms with Gasteiger partial charge in [-0.1, -0.05) is 26.2 Å². The average molecular weight is 207 g/mol. The van der Waals surface area contributed by atoms with Gasteiger partial charge in [-0.15, -0.1) is 0 Å². The maximum absolute atomic E-state index is 10.7. The molecule has 2 atom stereocenters. The van der Waals surface area contributed by atoms with Gasteiger partial charge in [0.1, 0.15) is 0 Å². The van der Waals surface area contributed by atoms with Gasteiger partial charge in [0, 0.05) is 0 Å². The molecule has 0 spiro atoms. The zero-order chi connectivity index (χ0) is 10.9. The zero-order valence-electron chi connectivity index (χ0n) is 9.63. The van der Waals surface area contributed by atoms with Gasteiger partial charge in [0.05, 0.1) is 17.1 Å². The van der Waals surface area contributed by atoms with E-state index in [1.807, 2.05) is 0 Å². The zero-order valence-corrected chi connectivity index (χ0v) is 9.63. The van der Waals surface area contributed by atoms with Crippen LogP contribution in [0.25, 0.3) is 0 Å². The Balaban J connectivity index is 2.18. The minimum atomic E-state index is -0.668. The molecule has 2 nitrogen and oxygen atoms in total. The van der Waals surface area contributed by atoms with Crippen LogP contribution in [0.2, 0.25) is 0 Å². The van der Waals surface area contributed by atoms with E-state index >= 15 is 0 Å². The first-order chi connectivity index (χ1) is 7.16. The van der Waals surface area contributed by atoms with Crippen LogP contribution in [0, 0.1) is 22.7 Å². The van der Waals surface area contributed by atoms with Gasteiger partial charge in [0.25, 0.3) is 0 Å². The second-order valence-corrected chi connectivity index (χ2v) is 5.45. The lowest BCUT2D eigenvalue weighted by atomic mass is 9.70. The Morgan fingerprint density at radius 2 is 2.00 bits per heavy atom. The van der Waals surface area contributed by atoms with Gasteiger partial charge in [-0.3, -0.25) is 0 Å². The summed E-state index contributed by atoms with van der Waals surface area (Å²) >= 11 is 0. The molecule has 2 saturated carbocycles. The lowest BCUT2D eigenvalue weighted by molar-refractivity contribution is -0.0500. The lowest BCUT2D eigenvalue weighted by Crippen LogP contribution is -2.43. The Kier molecular flexibility index (Phi) is 2.77. The molecule has 0 aromatic carbocycles. The molecule has 15 heavy (non-hydrogen) atoms. The molecule has 0 aromatic heterocycles. The van der Waals surface area contributed by atoms with E-state index in [1.165, 1.54) is 0 Å². The fourth-order valence-corrected chi connectivity index (χ4v) is 3.57. The third-order valence-corrected chi connectivity index (χ3v) is 4.73. The summed E-state index contributed by atoms with van der Waals surface area (Å²) in [6.07, 6.45) is 8.02. The van der Waals surface area contributed by atoms with Crippen LogP contribution in [0.15, 0.2) is 0 Å². The molecule has 2 aliphatic rings. The average Bonchev–Trinajstić information content (AvgIpc) is 2.85. The highest BCUT2D eigenvalue weighted by Crippen LogP contribution is 2.54. The minimum Gasteiger partial charge on any atom is -0.388 e. The molecule has 0 amide bonds. The van der Waals surface area contributed by atoms with E-state index in [4.69, 9.17) is 0 Å². The van der Waals surface area contributed by atoms with Crippen LogP contribution in [-0.4, -0.2) is 10.7 Å². The molecule has 0 aromatic rings. The first-order valence-corrected chi connectivity index (χ1v) is 6.29. The molecule has 1 N–H and O–H groups in total. The summed E-state index contributed by atoms with van der Waals surface area (Å²) in [7, 11) is 0. The molecular formula is C13H21NO. The summed E-state index contributed by atoms with van der Waals surface area (Å²) in [5.41, 5.74) is -1.07. The van der Waals surface area contributed by atoms with Crippen molar-refractivity contribution < 1.29 is 5.11 Å². The molecule has 0 saturated heterocycles. The highest BCUT2D eigenvalue weighted by Gasteiger charge is 2.55. The summed E-state index contributed by atoms with van der Waals surface area (Å²) in [4.78, 5) is 0. The van der Waals surface area contributed by atoms with Gasteiger partial charge < -0.3 is 5.11 Å². The SMILES string of the molecule is CCC1CCC(O)(C2(C#N)CCCC2)C1. The number of nitriles is 1. The smallest absolute Gasteiger partial charge is 0.0860 e. The van der Waals surface area contributed by atoms with Crippen LogP contribution in [0.5, 0.6) is 0 Å². The van der Waals surface area contributed by atoms with Crippen molar-refractivity contribution in [3.63, 3.8) is 0 Å². The van der Waals surface area contributed by atoms with E-state index in [1.54, 1.807) is 0 Å². The number of nitrogens with zero attached hydrogens (tertiary/aromatic N) is 1. The molecular weight excluding hydrogens is 186 g/mol. The monoisotopic (exact) mass is 207 g/mol. The largest absolute Gasteiger partial charge is 0.388 e. The maximum atomic E-state index is 10.7. The topological polar surface area (TPSA) is 44.0 Å². The summed E-state index contributed by atoms with van der Waals surface area (Å²) in [6, 6.07) is 2.45. The van der Waals surface area contributed by atoms with Gasteiger partial charge in [-0.25, -0.2) is 0 Å². The maximum Gasteiger partial charge on any atom is 0.0860 e. The molecule has 0 bridgehead atoms. The molecule has 2 aliphatic carbocycles. The van der Waals surface area contributed by atoms with Crippen LogP contribution in [0.1, 0.15) is 58.3 Å². The van der Waals surface area contributed by atoms with Crippen molar-refractivity contribution in [3.8, 4) is 6.07 Å². The number of hydrogen-bond acceptors (Lipinski definition) is 2. The normalized spacial score (nSPS) is 39.1. The molecule has 0 heterocycles. The highest BCUT2D eigenvalue weighted by atomic mass is 16.3. The van der Waals surface area contributed by atoms with Crippen LogP contribution >= 0.6 is 0 Å². The quantitative estimate of drug-likeness (QED) is 0.756. The van der Waals surface area contributed by atoms with Crippen LogP contribution in [-0.2, 0) is 0 Å². The predicted octanol–water partition coefficient (Wildman–Crippen LogP) is 3.01. The van der Waals surface area contributed by atoms with Crippen molar-refractivity contribution in [2.45, 2.75) is 63.9 Å². The number of rotatable bonds is 2. The second kappa shape index (κ2) is 3.79. The molecule has 2 rings (SSSR count). The summed E-state index contributed by atoms with van der Waals surface area (Å²) in [5, 5.41) is 20.1. The van der Waals surface area contributed by atoms with Crippen molar-refractivity contribution >= 4 is 0 Å². The Bertz CT molecular complexity index is 275. The fraction of sp³-hybridized carbons (Fsp3) is 0.923. The third kappa shape index (κ3) is 1.58. The molecule has 84 valence electrons. The van der Waals surface area contributed by atoms with Crippen LogP contribution in [0.3, 0.4) is 0 Å². The second-order valence-electron chi connectivity index (χ2n) is 5.45. The Morgan fingerprint density at radius 3 is 2.47 bits per heavy atom. The third-order valence-electron chi connectivity index (χ3n) is 4.73. The van der Waals surface area contributed by atoms with Crippen molar-refractivity contribution in [2.24, 2.45) is 11.3 Å². The Labute approximate surface area is 92.3 Å². The van der Waals surface area contributed by atoms with Gasteiger partial charge in [-0.05, 0) is 38.0 Å². The summed E-state index contributed by atoms with van der Waals surface area (Å²) in [6.45, 7) is 2.18. The van der Waals surface area contributed by atoms with Crippen molar-refractivity contribution in [1.29, 1.82) is 5.26 Å². The molecule has 2 heteroatoms. The molecule has 2 unspecified atom stereocenters. The fourth-order valence-electron chi connectivity index (χ4n) is 3.57. The summed E-state index contributed by atoms with van der Waals surface area (Å²) < 4.78 is 0. The molecule has 2 fully saturated rings. The van der Waals surface area contributed by atoms with E-state index in [9.17, 15) is 10.4 Å². The van der Waals surface area contributed by atoms with Crippen LogP contribution < -0.4 is 0 Å². The van der Waals surface area contributed by atoms with E-state index in [2.05, 4.69) is 13.0 Å². The van der Waals surface area contributed by atoms with E-state index in [0.29, 0.717) is 5.92 Å². The van der Waals surface area contributed by atoms with Gasteiger partial charge in [0.2, 0.25) is 0 Å². The lowest BCUT2D eigenvalue weighted by Gasteiger charge is -2.37. The standard InChI is InChI=1S/C13H21NO/c1-2-11-5-8-13(15,9-11)12(10-14)6-3-4-7-12/h11,15H,2-9H2,1H3. The Morgan fingerprint density at radius 1 is 1.33 bits per heavy atom. The summed E-state index contributed by atoms with van der Waals surface area (Å²) in [5.74, 6) is 0.640. The van der Waals surface area contributed by atoms with Gasteiger partial charge in [0.15, 0.2) is 0 Å². The first kappa shape index (κ1) is 11.0. The minimum absolute atomic E-state index is 0.406. The highest BCUT2D eigenvalue weighted by molar-refractivity contribution is 5.15. The van der Waals surface area contributed by atoms with Crippen molar-refractivity contribution in [3.05, 3.63) is 0 Å². The molecule has 0 aliphatic heterocycles. The Hall–Kier alpha value is -0.550. The van der Waals surface area contributed by atoms with Crippen LogP contribution in [0.4, 0.5) is 0 Å². The first-order valence-electron chi connectivity index (χ1n) is 6.29. The molecule has 0 radical (unpaired) electrons. The van der Waals surface area contributed by atoms with E-state index in [0.717, 1.165) is 51.4 Å².